The molecule has 2 unspecified atom stereocenters. The van der Waals surface area contributed by atoms with E-state index < -0.39 is 0 Å². The van der Waals surface area contributed by atoms with E-state index in [0.717, 1.165) is 11.5 Å². The molecule has 18 rings (SSSR count). The summed E-state index contributed by atoms with van der Waals surface area (Å²) in [5.74, 6) is 1.91. The van der Waals surface area contributed by atoms with Crippen molar-refractivity contribution in [3.05, 3.63) is 200 Å². The van der Waals surface area contributed by atoms with Gasteiger partial charge in [0.05, 0.1) is 14.2 Å². The molecule has 16 aromatic rings. The molecule has 0 heterocycles. The van der Waals surface area contributed by atoms with Crippen LogP contribution in [-0.2, 0) is 0 Å². The van der Waals surface area contributed by atoms with Crippen molar-refractivity contribution in [1.29, 1.82) is 0 Å². The van der Waals surface area contributed by atoms with Gasteiger partial charge in [-0.25, -0.2) is 0 Å². The summed E-state index contributed by atoms with van der Waals surface area (Å²) >= 11 is 0. The molecule has 0 N–H and O–H groups in total. The third-order valence-electron chi connectivity index (χ3n) is 19.0. The quantitative estimate of drug-likeness (QED) is 0.164. The summed E-state index contributed by atoms with van der Waals surface area (Å²) in [5.41, 5.74) is 21.1. The van der Waals surface area contributed by atoms with Gasteiger partial charge in [0.1, 0.15) is 11.5 Å². The van der Waals surface area contributed by atoms with E-state index in [1.807, 2.05) is 14.2 Å². The average molecular weight is 945 g/mol. The molecule has 2 aliphatic rings. The summed E-state index contributed by atoms with van der Waals surface area (Å²) in [6, 6.07) is 53.0. The summed E-state index contributed by atoms with van der Waals surface area (Å²) in [4.78, 5) is 0. The number of hydrogen-bond acceptors (Lipinski definition) is 2. The molecule has 0 bridgehead atoms. The molecule has 0 amide bonds. The lowest BCUT2D eigenvalue weighted by Gasteiger charge is -2.35. The minimum atomic E-state index is -0.0132. The Morgan fingerprint density at radius 3 is 0.959 bits per heavy atom. The number of ether oxygens (including phenoxy) is 2. The highest BCUT2D eigenvalue weighted by atomic mass is 16.5. The Bertz CT molecular complexity index is 4850. The SMILES string of the molecule is COc1c2c3c(cc4ccc5ccc6ccc1c1c6c5c4c31)C(c1c(C)cc(C)cc1C)c1cc3cc4c(cc3cc1-2)C(c1c(C)cc(C)cc1C)c1cc2ccc3ccc5ccc6c(OC)c-4c1c1c2c3c5c61. The van der Waals surface area contributed by atoms with E-state index in [0.29, 0.717) is 0 Å². The van der Waals surface area contributed by atoms with Crippen molar-refractivity contribution >= 4 is 118 Å². The van der Waals surface area contributed by atoms with Gasteiger partial charge >= 0.3 is 0 Å². The summed E-state index contributed by atoms with van der Waals surface area (Å²) < 4.78 is 13.6. The van der Waals surface area contributed by atoms with E-state index >= 15 is 0 Å². The molecule has 2 aliphatic carbocycles. The number of hydrogen-bond donors (Lipinski definition) is 0. The fraction of sp³-hybridized carbons (Fsp3) is 0.139. The zero-order chi connectivity index (χ0) is 49.2. The van der Waals surface area contributed by atoms with E-state index in [1.165, 1.54) is 208 Å². The topological polar surface area (TPSA) is 18.5 Å². The molecule has 74 heavy (non-hydrogen) atoms. The second kappa shape index (κ2) is 13.0. The van der Waals surface area contributed by atoms with Crippen LogP contribution < -0.4 is 9.47 Å². The minimum Gasteiger partial charge on any atom is -0.495 e. The molecule has 2 atom stereocenters. The Morgan fingerprint density at radius 2 is 0.595 bits per heavy atom. The number of methoxy groups -OCH3 is 2. The summed E-state index contributed by atoms with van der Waals surface area (Å²) in [5, 5.41) is 29.1. The van der Waals surface area contributed by atoms with Gasteiger partial charge in [-0.05, 0) is 254 Å². The molecular weight excluding hydrogens is 897 g/mol. The minimum absolute atomic E-state index is 0.0132. The zero-order valence-electron chi connectivity index (χ0n) is 42.7. The Hall–Kier alpha value is -8.46. The molecule has 16 aromatic carbocycles. The van der Waals surface area contributed by atoms with Gasteiger partial charge in [0.25, 0.3) is 0 Å². The van der Waals surface area contributed by atoms with E-state index in [-0.39, 0.29) is 11.8 Å². The first-order chi connectivity index (χ1) is 36.1. The van der Waals surface area contributed by atoms with Crippen molar-refractivity contribution in [2.75, 3.05) is 14.2 Å². The van der Waals surface area contributed by atoms with Crippen LogP contribution >= 0.6 is 0 Å². The summed E-state index contributed by atoms with van der Waals surface area (Å²) in [6.45, 7) is 13.8. The molecular formula is C72H48O2. The Kier molecular flexibility index (Phi) is 7.04. The van der Waals surface area contributed by atoms with Crippen molar-refractivity contribution in [1.82, 2.24) is 0 Å². The van der Waals surface area contributed by atoms with Crippen molar-refractivity contribution in [2.24, 2.45) is 0 Å². The second-order valence-electron chi connectivity index (χ2n) is 22.8. The first-order valence-corrected chi connectivity index (χ1v) is 26.4. The van der Waals surface area contributed by atoms with E-state index in [1.54, 1.807) is 0 Å². The van der Waals surface area contributed by atoms with Crippen molar-refractivity contribution in [3.63, 3.8) is 0 Å². The lowest BCUT2D eigenvalue weighted by Crippen LogP contribution is -2.15. The molecule has 0 saturated carbocycles. The molecule has 0 radical (unpaired) electrons. The van der Waals surface area contributed by atoms with Crippen molar-refractivity contribution in [3.8, 4) is 33.8 Å². The highest BCUT2D eigenvalue weighted by Gasteiger charge is 2.40. The van der Waals surface area contributed by atoms with Crippen LogP contribution in [-0.4, -0.2) is 14.2 Å². The van der Waals surface area contributed by atoms with Gasteiger partial charge < -0.3 is 9.47 Å². The summed E-state index contributed by atoms with van der Waals surface area (Å²) in [6.07, 6.45) is 0. The maximum atomic E-state index is 6.82. The van der Waals surface area contributed by atoms with Crippen LogP contribution in [0, 0.1) is 41.5 Å². The predicted octanol–water partition coefficient (Wildman–Crippen LogP) is 19.2. The molecule has 0 aliphatic heterocycles. The van der Waals surface area contributed by atoms with Crippen LogP contribution in [0.2, 0.25) is 0 Å². The number of aryl methyl sites for hydroxylation is 6. The van der Waals surface area contributed by atoms with Crippen LogP contribution in [0.4, 0.5) is 0 Å². The van der Waals surface area contributed by atoms with Gasteiger partial charge in [-0.3, -0.25) is 0 Å². The van der Waals surface area contributed by atoms with E-state index in [2.05, 4.69) is 175 Å². The van der Waals surface area contributed by atoms with Gasteiger partial charge in [0, 0.05) is 44.5 Å². The van der Waals surface area contributed by atoms with Crippen molar-refractivity contribution < 1.29 is 9.47 Å². The third kappa shape index (κ3) is 4.40. The maximum Gasteiger partial charge on any atom is 0.135 e. The highest BCUT2D eigenvalue weighted by Crippen LogP contribution is 2.64. The normalized spacial score (nSPS) is 15.6. The smallest absolute Gasteiger partial charge is 0.135 e. The molecule has 0 saturated heterocycles. The van der Waals surface area contributed by atoms with Gasteiger partial charge in [-0.1, -0.05) is 96.1 Å². The lowest BCUT2D eigenvalue weighted by molar-refractivity contribution is 0.421. The second-order valence-corrected chi connectivity index (χ2v) is 22.8. The number of fused-ring (bicyclic) bond motifs is 5. The predicted molar refractivity (Wildman–Crippen MR) is 313 cm³/mol. The number of rotatable bonds is 4. The summed E-state index contributed by atoms with van der Waals surface area (Å²) in [7, 11) is 3.79. The molecule has 348 valence electrons. The van der Waals surface area contributed by atoms with E-state index in [4.69, 9.17) is 9.47 Å². The lowest BCUT2D eigenvalue weighted by atomic mass is 9.68. The average Bonchev–Trinajstić information content (AvgIpc) is 4.01. The van der Waals surface area contributed by atoms with Crippen LogP contribution in [0.25, 0.3) is 141 Å². The molecule has 2 nitrogen and oxygen atoms in total. The molecule has 0 spiro atoms. The fourth-order valence-corrected chi connectivity index (χ4v) is 16.7. The van der Waals surface area contributed by atoms with Gasteiger partial charge in [0.15, 0.2) is 0 Å². The number of benzene rings is 14. The van der Waals surface area contributed by atoms with Gasteiger partial charge in [-0.2, -0.15) is 0 Å². The zero-order valence-corrected chi connectivity index (χ0v) is 42.7. The molecule has 2 heteroatoms. The first kappa shape index (κ1) is 40.1. The van der Waals surface area contributed by atoms with Crippen LogP contribution in [0.5, 0.6) is 11.5 Å². The third-order valence-corrected chi connectivity index (χ3v) is 19.0. The van der Waals surface area contributed by atoms with Crippen LogP contribution in [0.15, 0.2) is 133 Å². The first-order valence-electron chi connectivity index (χ1n) is 26.4. The largest absolute Gasteiger partial charge is 0.495 e. The monoisotopic (exact) mass is 944 g/mol. The molecule has 0 aromatic heterocycles. The Labute approximate surface area is 427 Å². The van der Waals surface area contributed by atoms with Gasteiger partial charge in [-0.15, -0.1) is 0 Å². The van der Waals surface area contributed by atoms with E-state index in [9.17, 15) is 0 Å². The van der Waals surface area contributed by atoms with Crippen LogP contribution in [0.3, 0.4) is 0 Å². The Balaban J connectivity index is 1.03. The highest BCUT2D eigenvalue weighted by molar-refractivity contribution is 6.48. The van der Waals surface area contributed by atoms with Crippen LogP contribution in [0.1, 0.15) is 78.6 Å². The fourth-order valence-electron chi connectivity index (χ4n) is 16.7. The maximum absolute atomic E-state index is 6.82. The molecule has 0 fully saturated rings. The van der Waals surface area contributed by atoms with Gasteiger partial charge in [0.2, 0.25) is 0 Å². The Morgan fingerprint density at radius 1 is 0.284 bits per heavy atom. The van der Waals surface area contributed by atoms with Crippen molar-refractivity contribution in [2.45, 2.75) is 53.4 Å². The standard InChI is InChI=1S/C72H48O2/c1-31-21-33(3)53(34(4)22-31)61-47-27-43-30-50-48(28-44(43)29-49(47)67-65-51(61)25-41-15-13-37-9-11-39-17-19-45(71(67)73-7)63-57(39)55(37)59(41)69(63)65)62(54-35(5)23-32(2)24-36(54)6)52-26-42-16-14-38-10-12-40-18-20-46-64-58(40)56(38)60(42)70(64)66(52)68(50)72(46)74-8/h9-30,61-62H,1-8H3.